The van der Waals surface area contributed by atoms with Crippen LogP contribution in [0.25, 0.3) is 0 Å². The first-order valence-electron chi connectivity index (χ1n) is 5.23. The van der Waals surface area contributed by atoms with Crippen molar-refractivity contribution in [2.24, 2.45) is 0 Å². The Morgan fingerprint density at radius 2 is 2.28 bits per heavy atom. The molecule has 1 aromatic rings. The normalized spacial score (nSPS) is 13.4. The number of carboxylic acids is 1. The summed E-state index contributed by atoms with van der Waals surface area (Å²) in [6.07, 6.45) is 1.45. The van der Waals surface area contributed by atoms with Gasteiger partial charge >= 0.3 is 5.97 Å². The van der Waals surface area contributed by atoms with E-state index in [-0.39, 0.29) is 24.4 Å². The van der Waals surface area contributed by atoms with Crippen molar-refractivity contribution >= 4 is 16.0 Å². The van der Waals surface area contributed by atoms with Crippen molar-refractivity contribution < 1.29 is 23.4 Å². The maximum absolute atomic E-state index is 11.7. The summed E-state index contributed by atoms with van der Waals surface area (Å²) < 4.78 is 26.8. The summed E-state index contributed by atoms with van der Waals surface area (Å²) in [5.74, 6) is -0.984. The lowest BCUT2D eigenvalue weighted by Gasteiger charge is -2.06. The number of aliphatic hydroxyl groups excluding tert-OH is 1. The van der Waals surface area contributed by atoms with Crippen LogP contribution in [0.3, 0.4) is 0 Å². The molecule has 0 aliphatic heterocycles. The predicted molar refractivity (Wildman–Crippen MR) is 61.3 cm³/mol. The Hall–Kier alpha value is -1.45. The second-order valence-corrected chi connectivity index (χ2v) is 5.55. The Kier molecular flexibility index (Phi) is 4.82. The molecule has 18 heavy (non-hydrogen) atoms. The topological polar surface area (TPSA) is 122 Å². The maximum Gasteiger partial charge on any atom is 0.305 e. The van der Waals surface area contributed by atoms with Gasteiger partial charge in [-0.2, -0.15) is 5.10 Å². The van der Waals surface area contributed by atoms with E-state index in [4.69, 9.17) is 10.2 Å². The van der Waals surface area contributed by atoms with Crippen LogP contribution in [0.4, 0.5) is 0 Å². The quantitative estimate of drug-likeness (QED) is 0.588. The van der Waals surface area contributed by atoms with Gasteiger partial charge in [-0.05, 0) is 6.92 Å². The number of nitrogens with zero attached hydrogens (tertiary/aromatic N) is 2. The van der Waals surface area contributed by atoms with Crippen LogP contribution in [0.15, 0.2) is 17.3 Å². The third-order valence-corrected chi connectivity index (χ3v) is 3.42. The molecule has 0 radical (unpaired) electrons. The second kappa shape index (κ2) is 5.94. The summed E-state index contributed by atoms with van der Waals surface area (Å²) in [4.78, 5) is 10.3. The number of aromatic nitrogens is 2. The van der Waals surface area contributed by atoms with E-state index in [1.807, 2.05) is 0 Å². The minimum absolute atomic E-state index is 0.0615. The van der Waals surface area contributed by atoms with Crippen LogP contribution in [0.1, 0.15) is 13.3 Å². The van der Waals surface area contributed by atoms with Crippen molar-refractivity contribution in [2.45, 2.75) is 30.9 Å². The Morgan fingerprint density at radius 3 is 2.83 bits per heavy atom. The zero-order valence-corrected chi connectivity index (χ0v) is 10.6. The molecule has 0 saturated carbocycles. The Labute approximate surface area is 104 Å². The molecule has 1 rings (SSSR count). The highest BCUT2D eigenvalue weighted by atomic mass is 32.2. The number of carbonyl (C=O) groups is 1. The minimum atomic E-state index is -3.71. The van der Waals surface area contributed by atoms with Gasteiger partial charge in [0, 0.05) is 12.7 Å². The highest BCUT2D eigenvalue weighted by Gasteiger charge is 2.16. The average molecular weight is 277 g/mol. The second-order valence-electron chi connectivity index (χ2n) is 3.78. The van der Waals surface area contributed by atoms with Gasteiger partial charge in [-0.25, -0.2) is 13.1 Å². The lowest BCUT2D eigenvalue weighted by Crippen LogP contribution is -2.30. The lowest BCUT2D eigenvalue weighted by atomic mass is 10.4. The first-order valence-corrected chi connectivity index (χ1v) is 6.71. The van der Waals surface area contributed by atoms with Crippen molar-refractivity contribution in [2.75, 3.05) is 6.54 Å². The fourth-order valence-corrected chi connectivity index (χ4v) is 2.20. The number of hydrogen-bond donors (Lipinski definition) is 3. The van der Waals surface area contributed by atoms with Gasteiger partial charge in [0.2, 0.25) is 10.0 Å². The minimum Gasteiger partial charge on any atom is -0.481 e. The Balaban J connectivity index is 2.69. The third kappa shape index (κ3) is 4.43. The molecular formula is C9H15N3O5S. The third-order valence-electron chi connectivity index (χ3n) is 2.04. The molecule has 0 aliphatic carbocycles. The zero-order chi connectivity index (χ0) is 13.8. The van der Waals surface area contributed by atoms with Crippen molar-refractivity contribution in [1.29, 1.82) is 0 Å². The SMILES string of the molecule is C[C@H](O)CNS(=O)(=O)c1cnn(CCC(=O)O)c1. The molecule has 1 atom stereocenters. The molecule has 0 fully saturated rings. The van der Waals surface area contributed by atoms with E-state index < -0.39 is 22.1 Å². The fourth-order valence-electron chi connectivity index (χ4n) is 1.13. The van der Waals surface area contributed by atoms with Gasteiger partial charge in [0.05, 0.1) is 25.3 Å². The standard InChI is InChI=1S/C9H15N3O5S/c1-7(13)4-11-18(16,17)8-5-10-12(6-8)3-2-9(14)15/h5-7,11,13H,2-4H2,1H3,(H,14,15)/t7-/m0/s1. The van der Waals surface area contributed by atoms with Gasteiger partial charge in [-0.15, -0.1) is 0 Å². The molecule has 9 heteroatoms. The van der Waals surface area contributed by atoms with Crippen molar-refractivity contribution in [3.8, 4) is 0 Å². The van der Waals surface area contributed by atoms with E-state index >= 15 is 0 Å². The van der Waals surface area contributed by atoms with Gasteiger partial charge in [-0.1, -0.05) is 0 Å². The van der Waals surface area contributed by atoms with Crippen LogP contribution in [-0.4, -0.2) is 47.0 Å². The highest BCUT2D eigenvalue weighted by molar-refractivity contribution is 7.89. The zero-order valence-electron chi connectivity index (χ0n) is 9.78. The molecule has 0 saturated heterocycles. The van der Waals surface area contributed by atoms with Gasteiger partial charge < -0.3 is 10.2 Å². The number of carboxylic acid groups (broad SMARTS) is 1. The number of aliphatic carboxylic acids is 1. The van der Waals surface area contributed by atoms with Crippen LogP contribution < -0.4 is 4.72 Å². The number of hydrogen-bond acceptors (Lipinski definition) is 5. The number of rotatable bonds is 7. The number of nitrogens with one attached hydrogen (secondary N) is 1. The first kappa shape index (κ1) is 14.6. The molecule has 1 heterocycles. The number of aliphatic hydroxyl groups is 1. The van der Waals surface area contributed by atoms with Gasteiger partial charge in [0.15, 0.2) is 0 Å². The van der Waals surface area contributed by atoms with Gasteiger partial charge in [-0.3, -0.25) is 9.48 Å². The number of sulfonamides is 1. The summed E-state index contributed by atoms with van der Waals surface area (Å²) in [5.41, 5.74) is 0. The summed E-state index contributed by atoms with van der Waals surface area (Å²) in [7, 11) is -3.71. The number of aryl methyl sites for hydroxylation is 1. The Morgan fingerprint density at radius 1 is 1.61 bits per heavy atom. The van der Waals surface area contributed by atoms with Crippen LogP contribution in [-0.2, 0) is 21.4 Å². The molecule has 0 bridgehead atoms. The summed E-state index contributed by atoms with van der Waals surface area (Å²) in [6.45, 7) is 1.46. The molecule has 0 spiro atoms. The van der Waals surface area contributed by atoms with E-state index in [2.05, 4.69) is 9.82 Å². The van der Waals surface area contributed by atoms with E-state index in [9.17, 15) is 13.2 Å². The van der Waals surface area contributed by atoms with E-state index in [0.29, 0.717) is 0 Å². The molecule has 1 aromatic heterocycles. The van der Waals surface area contributed by atoms with Crippen LogP contribution in [0.2, 0.25) is 0 Å². The van der Waals surface area contributed by atoms with Crippen LogP contribution >= 0.6 is 0 Å². The van der Waals surface area contributed by atoms with Crippen molar-refractivity contribution in [3.05, 3.63) is 12.4 Å². The highest BCUT2D eigenvalue weighted by Crippen LogP contribution is 2.07. The molecule has 0 aliphatic rings. The summed E-state index contributed by atoms with van der Waals surface area (Å²) >= 11 is 0. The van der Waals surface area contributed by atoms with E-state index in [1.54, 1.807) is 0 Å². The molecule has 102 valence electrons. The molecule has 0 amide bonds. The maximum atomic E-state index is 11.7. The Bertz CT molecular complexity index is 508. The van der Waals surface area contributed by atoms with Crippen LogP contribution in [0, 0.1) is 0 Å². The summed E-state index contributed by atoms with van der Waals surface area (Å²) in [6, 6.07) is 0. The predicted octanol–water partition coefficient (Wildman–Crippen LogP) is -0.983. The lowest BCUT2D eigenvalue weighted by molar-refractivity contribution is -0.137. The first-order chi connectivity index (χ1) is 8.31. The molecule has 3 N–H and O–H groups in total. The molecule has 0 aromatic carbocycles. The van der Waals surface area contributed by atoms with E-state index in [0.717, 1.165) is 6.20 Å². The molecule has 0 unspecified atom stereocenters. The van der Waals surface area contributed by atoms with Gasteiger partial charge in [0.1, 0.15) is 4.90 Å². The monoisotopic (exact) mass is 277 g/mol. The summed E-state index contributed by atoms with van der Waals surface area (Å²) in [5, 5.41) is 21.2. The molecule has 8 nitrogen and oxygen atoms in total. The van der Waals surface area contributed by atoms with E-state index in [1.165, 1.54) is 17.8 Å². The van der Waals surface area contributed by atoms with Crippen molar-refractivity contribution in [3.63, 3.8) is 0 Å². The van der Waals surface area contributed by atoms with Crippen LogP contribution in [0.5, 0.6) is 0 Å². The smallest absolute Gasteiger partial charge is 0.305 e. The largest absolute Gasteiger partial charge is 0.481 e. The molecular weight excluding hydrogens is 262 g/mol. The van der Waals surface area contributed by atoms with Gasteiger partial charge in [0.25, 0.3) is 0 Å². The fraction of sp³-hybridized carbons (Fsp3) is 0.556. The van der Waals surface area contributed by atoms with Crippen molar-refractivity contribution in [1.82, 2.24) is 14.5 Å². The average Bonchev–Trinajstić information content (AvgIpc) is 2.73.